The van der Waals surface area contributed by atoms with Gasteiger partial charge in [0.2, 0.25) is 5.91 Å². The number of halogens is 2. The van der Waals surface area contributed by atoms with Gasteiger partial charge in [0.1, 0.15) is 5.92 Å². The number of carbonyl (C=O) groups excluding carboxylic acids is 1. The maximum Gasteiger partial charge on any atom is 0.231 e. The maximum atomic E-state index is 11.5. The molecule has 2 aromatic rings. The molecule has 0 aliphatic rings. The number of rotatable bonds is 3. The molecule has 96 valence electrons. The third-order valence-electron chi connectivity index (χ3n) is 2.40. The highest BCUT2D eigenvalue weighted by Crippen LogP contribution is 2.21. The first-order valence-electron chi connectivity index (χ1n) is 5.04. The summed E-state index contributed by atoms with van der Waals surface area (Å²) in [6.07, 6.45) is 1.66. The van der Waals surface area contributed by atoms with Crippen molar-refractivity contribution in [2.45, 2.75) is 5.92 Å². The van der Waals surface area contributed by atoms with Crippen LogP contribution in [-0.4, -0.2) is 10.9 Å². The Bertz CT molecular complexity index is 437. The van der Waals surface area contributed by atoms with Gasteiger partial charge in [-0.05, 0) is 17.7 Å². The quantitative estimate of drug-likeness (QED) is 0.942. The van der Waals surface area contributed by atoms with Crippen LogP contribution < -0.4 is 5.73 Å². The molecule has 1 amide bonds. The fourth-order valence-corrected chi connectivity index (χ4v) is 1.67. The molecule has 1 aromatic heterocycles. The van der Waals surface area contributed by atoms with Crippen molar-refractivity contribution in [2.75, 3.05) is 0 Å². The topological polar surface area (TPSA) is 56.0 Å². The van der Waals surface area contributed by atoms with Gasteiger partial charge in [-0.25, -0.2) is 0 Å². The van der Waals surface area contributed by atoms with E-state index in [9.17, 15) is 4.79 Å². The van der Waals surface area contributed by atoms with Gasteiger partial charge in [-0.1, -0.05) is 36.4 Å². The molecule has 1 unspecified atom stereocenters. The van der Waals surface area contributed by atoms with Crippen LogP contribution in [0.2, 0.25) is 0 Å². The van der Waals surface area contributed by atoms with E-state index >= 15 is 0 Å². The Morgan fingerprint density at radius 2 is 1.61 bits per heavy atom. The number of carbonyl (C=O) groups is 1. The maximum absolute atomic E-state index is 11.5. The van der Waals surface area contributed by atoms with E-state index < -0.39 is 5.92 Å². The van der Waals surface area contributed by atoms with Crippen molar-refractivity contribution in [2.24, 2.45) is 5.73 Å². The molecule has 18 heavy (non-hydrogen) atoms. The van der Waals surface area contributed by atoms with Crippen LogP contribution in [0.3, 0.4) is 0 Å². The van der Waals surface area contributed by atoms with E-state index in [4.69, 9.17) is 5.73 Å². The number of hydrogen-bond acceptors (Lipinski definition) is 2. The second kappa shape index (κ2) is 7.69. The second-order valence-electron chi connectivity index (χ2n) is 3.50. The second-order valence-corrected chi connectivity index (χ2v) is 3.50. The van der Waals surface area contributed by atoms with Crippen LogP contribution in [0.5, 0.6) is 0 Å². The smallest absolute Gasteiger partial charge is 0.231 e. The van der Waals surface area contributed by atoms with E-state index in [-0.39, 0.29) is 30.7 Å². The largest absolute Gasteiger partial charge is 0.369 e. The van der Waals surface area contributed by atoms with E-state index in [1.165, 1.54) is 0 Å². The molecule has 0 saturated carbocycles. The Kier molecular flexibility index (Phi) is 7.01. The van der Waals surface area contributed by atoms with Gasteiger partial charge < -0.3 is 5.73 Å². The lowest BCUT2D eigenvalue weighted by Gasteiger charge is -2.12. The molecule has 0 aliphatic carbocycles. The van der Waals surface area contributed by atoms with Crippen molar-refractivity contribution < 1.29 is 4.79 Å². The van der Waals surface area contributed by atoms with Crippen LogP contribution in [0.15, 0.2) is 54.7 Å². The highest BCUT2D eigenvalue weighted by molar-refractivity contribution is 5.86. The van der Waals surface area contributed by atoms with Gasteiger partial charge >= 0.3 is 0 Å². The Morgan fingerprint density at radius 3 is 2.11 bits per heavy atom. The predicted octanol–water partition coefficient (Wildman–Crippen LogP) is 2.54. The number of pyridine rings is 1. The van der Waals surface area contributed by atoms with Crippen molar-refractivity contribution >= 4 is 30.7 Å². The molecule has 2 N–H and O–H groups in total. The average Bonchev–Trinajstić information content (AvgIpc) is 2.31. The Morgan fingerprint density at radius 1 is 1.00 bits per heavy atom. The van der Waals surface area contributed by atoms with Crippen LogP contribution in [0.4, 0.5) is 0 Å². The lowest BCUT2D eigenvalue weighted by Crippen LogP contribution is -2.23. The summed E-state index contributed by atoms with van der Waals surface area (Å²) < 4.78 is 0. The van der Waals surface area contributed by atoms with Crippen LogP contribution in [0.1, 0.15) is 17.2 Å². The van der Waals surface area contributed by atoms with E-state index in [0.29, 0.717) is 5.69 Å². The molecule has 0 bridgehead atoms. The number of nitrogens with zero attached hydrogens (tertiary/aromatic N) is 1. The van der Waals surface area contributed by atoms with E-state index in [0.717, 1.165) is 5.56 Å². The highest BCUT2D eigenvalue weighted by Gasteiger charge is 2.20. The third kappa shape index (κ3) is 3.72. The zero-order valence-electron chi connectivity index (χ0n) is 9.52. The van der Waals surface area contributed by atoms with E-state index in [2.05, 4.69) is 4.98 Å². The summed E-state index contributed by atoms with van der Waals surface area (Å²) in [7, 11) is 0. The van der Waals surface area contributed by atoms with Gasteiger partial charge in [0.05, 0.1) is 5.69 Å². The molecule has 0 fully saturated rings. The van der Waals surface area contributed by atoms with Crippen LogP contribution in [-0.2, 0) is 4.79 Å². The summed E-state index contributed by atoms with van der Waals surface area (Å²) >= 11 is 0. The molecule has 0 spiro atoms. The third-order valence-corrected chi connectivity index (χ3v) is 2.40. The van der Waals surface area contributed by atoms with E-state index in [1.54, 1.807) is 6.20 Å². The molecule has 3 nitrogen and oxygen atoms in total. The van der Waals surface area contributed by atoms with Gasteiger partial charge in [0.25, 0.3) is 0 Å². The number of aromatic nitrogens is 1. The molecule has 1 aromatic carbocycles. The zero-order valence-corrected chi connectivity index (χ0v) is 11.2. The van der Waals surface area contributed by atoms with Crippen molar-refractivity contribution in [1.82, 2.24) is 4.98 Å². The number of nitrogens with two attached hydrogens (primary N) is 1. The zero-order chi connectivity index (χ0) is 11.4. The molecule has 0 aliphatic heterocycles. The number of amides is 1. The molecule has 0 saturated heterocycles. The van der Waals surface area contributed by atoms with E-state index in [1.807, 2.05) is 48.5 Å². The Hall–Kier alpha value is -1.58. The minimum Gasteiger partial charge on any atom is -0.369 e. The van der Waals surface area contributed by atoms with Crippen LogP contribution in [0.25, 0.3) is 0 Å². The molecular formula is C13H14Cl2N2O. The normalized spacial score (nSPS) is 10.7. The number of benzene rings is 1. The highest BCUT2D eigenvalue weighted by atomic mass is 35.5. The summed E-state index contributed by atoms with van der Waals surface area (Å²) in [5, 5.41) is 0. The van der Waals surface area contributed by atoms with Gasteiger partial charge in [0, 0.05) is 6.20 Å². The average molecular weight is 285 g/mol. The van der Waals surface area contributed by atoms with Gasteiger partial charge in [-0.2, -0.15) is 0 Å². The first kappa shape index (κ1) is 16.4. The van der Waals surface area contributed by atoms with Gasteiger partial charge in [0.15, 0.2) is 0 Å². The molecule has 2 rings (SSSR count). The SMILES string of the molecule is Cl.Cl.NC(=O)C(c1ccccc1)c1ccccn1. The lowest BCUT2D eigenvalue weighted by atomic mass is 9.95. The summed E-state index contributed by atoms with van der Waals surface area (Å²) in [6, 6.07) is 14.9. The standard InChI is InChI=1S/C13H12N2O.2ClH/c14-13(16)12(10-6-2-1-3-7-10)11-8-4-5-9-15-11;;/h1-9,12H,(H2,14,16);2*1H. The molecular weight excluding hydrogens is 271 g/mol. The summed E-state index contributed by atoms with van der Waals surface area (Å²) in [5.41, 5.74) is 6.97. The molecule has 0 radical (unpaired) electrons. The number of hydrogen-bond donors (Lipinski definition) is 1. The first-order chi connectivity index (χ1) is 7.79. The predicted molar refractivity (Wildman–Crippen MR) is 76.2 cm³/mol. The van der Waals surface area contributed by atoms with Crippen molar-refractivity contribution in [3.63, 3.8) is 0 Å². The monoisotopic (exact) mass is 284 g/mol. The first-order valence-corrected chi connectivity index (χ1v) is 5.04. The summed E-state index contributed by atoms with van der Waals surface area (Å²) in [6.45, 7) is 0. The Balaban J connectivity index is 0.00000144. The van der Waals surface area contributed by atoms with Gasteiger partial charge in [-0.15, -0.1) is 24.8 Å². The number of primary amides is 1. The van der Waals surface area contributed by atoms with Gasteiger partial charge in [-0.3, -0.25) is 9.78 Å². The van der Waals surface area contributed by atoms with Crippen molar-refractivity contribution in [1.29, 1.82) is 0 Å². The Labute approximate surface area is 118 Å². The molecule has 1 heterocycles. The van der Waals surface area contributed by atoms with Crippen LogP contribution in [0, 0.1) is 0 Å². The summed E-state index contributed by atoms with van der Waals surface area (Å²) in [4.78, 5) is 15.7. The minimum absolute atomic E-state index is 0. The molecule has 1 atom stereocenters. The fourth-order valence-electron chi connectivity index (χ4n) is 1.67. The minimum atomic E-state index is -0.470. The van der Waals surface area contributed by atoms with Crippen molar-refractivity contribution in [3.05, 3.63) is 66.0 Å². The fraction of sp³-hybridized carbons (Fsp3) is 0.0769. The molecule has 5 heteroatoms. The van der Waals surface area contributed by atoms with Crippen molar-refractivity contribution in [3.8, 4) is 0 Å². The lowest BCUT2D eigenvalue weighted by molar-refractivity contribution is -0.118. The summed E-state index contributed by atoms with van der Waals surface area (Å²) in [5.74, 6) is -0.854. The van der Waals surface area contributed by atoms with Crippen LogP contribution >= 0.6 is 24.8 Å².